The van der Waals surface area contributed by atoms with Crippen molar-refractivity contribution >= 4 is 0 Å². The lowest BCUT2D eigenvalue weighted by Crippen LogP contribution is -2.03. The zero-order valence-corrected chi connectivity index (χ0v) is 8.22. The standard InChI is InChI=1S/C8H7F3O2.CH2F2/c1-12-5-2-3-7(6(9)4-5)13-8(10)11;2-1-3/h2-4,8H,1H3;1H2. The molecule has 0 saturated carbocycles. The molecule has 1 aromatic carbocycles. The van der Waals surface area contributed by atoms with E-state index < -0.39 is 25.1 Å². The van der Waals surface area contributed by atoms with Gasteiger partial charge >= 0.3 is 6.61 Å². The van der Waals surface area contributed by atoms with Gasteiger partial charge in [-0.25, -0.2) is 13.2 Å². The molecule has 0 atom stereocenters. The number of alkyl halides is 4. The lowest BCUT2D eigenvalue weighted by atomic mass is 10.3. The maximum Gasteiger partial charge on any atom is 0.387 e. The van der Waals surface area contributed by atoms with E-state index in [0.29, 0.717) is 0 Å². The first-order valence-corrected chi connectivity index (χ1v) is 3.95. The van der Waals surface area contributed by atoms with Gasteiger partial charge in [-0.2, -0.15) is 8.78 Å². The van der Waals surface area contributed by atoms with Gasteiger partial charge in [-0.15, -0.1) is 0 Å². The zero-order valence-electron chi connectivity index (χ0n) is 8.22. The summed E-state index contributed by atoms with van der Waals surface area (Å²) >= 11 is 0. The van der Waals surface area contributed by atoms with Crippen LogP contribution in [-0.2, 0) is 0 Å². The van der Waals surface area contributed by atoms with E-state index in [2.05, 4.69) is 9.47 Å². The van der Waals surface area contributed by atoms with Gasteiger partial charge in [0.25, 0.3) is 0 Å². The fourth-order valence-corrected chi connectivity index (χ4v) is 0.800. The largest absolute Gasteiger partial charge is 0.497 e. The van der Waals surface area contributed by atoms with Gasteiger partial charge in [0, 0.05) is 6.07 Å². The smallest absolute Gasteiger partial charge is 0.387 e. The lowest BCUT2D eigenvalue weighted by molar-refractivity contribution is -0.0522. The Labute approximate surface area is 88.6 Å². The van der Waals surface area contributed by atoms with E-state index in [1.807, 2.05) is 0 Å². The van der Waals surface area contributed by atoms with Gasteiger partial charge < -0.3 is 9.47 Å². The molecule has 1 rings (SSSR count). The summed E-state index contributed by atoms with van der Waals surface area (Å²) in [4.78, 5) is 0. The topological polar surface area (TPSA) is 18.5 Å². The van der Waals surface area contributed by atoms with E-state index in [4.69, 9.17) is 0 Å². The molecule has 2 nitrogen and oxygen atoms in total. The molecule has 0 aromatic heterocycles. The fourth-order valence-electron chi connectivity index (χ4n) is 0.800. The minimum Gasteiger partial charge on any atom is -0.497 e. The van der Waals surface area contributed by atoms with E-state index in [-0.39, 0.29) is 5.75 Å². The maximum absolute atomic E-state index is 12.9. The number of ether oxygens (including phenoxy) is 2. The molecule has 1 aromatic rings. The Kier molecular flexibility index (Phi) is 6.98. The summed E-state index contributed by atoms with van der Waals surface area (Å²) in [5.74, 6) is -1.12. The quantitative estimate of drug-likeness (QED) is 0.759. The Morgan fingerprint density at radius 1 is 1.25 bits per heavy atom. The normalized spacial score (nSPS) is 9.44. The molecule has 0 aliphatic rings. The molecule has 0 radical (unpaired) electrons. The average molecular weight is 244 g/mol. The zero-order chi connectivity index (χ0) is 12.6. The predicted octanol–water partition coefficient (Wildman–Crippen LogP) is 3.32. The molecule has 0 fully saturated rings. The van der Waals surface area contributed by atoms with Gasteiger partial charge in [-0.05, 0) is 12.1 Å². The first-order valence-electron chi connectivity index (χ1n) is 3.95. The number of hydrogen-bond donors (Lipinski definition) is 0. The SMILES string of the molecule is COc1ccc(OC(F)F)c(F)c1.FCF. The average Bonchev–Trinajstić information content (AvgIpc) is 2.21. The van der Waals surface area contributed by atoms with Crippen LogP contribution in [0.3, 0.4) is 0 Å². The van der Waals surface area contributed by atoms with Gasteiger partial charge in [0.15, 0.2) is 11.6 Å². The van der Waals surface area contributed by atoms with Crippen LogP contribution in [0.1, 0.15) is 0 Å². The van der Waals surface area contributed by atoms with Crippen LogP contribution in [0, 0.1) is 5.82 Å². The second kappa shape index (κ2) is 7.72. The summed E-state index contributed by atoms with van der Waals surface area (Å²) in [5.41, 5.74) is 0. The van der Waals surface area contributed by atoms with Crippen LogP contribution in [0.15, 0.2) is 18.2 Å². The summed E-state index contributed by atoms with van der Waals surface area (Å²) in [7, 11) is 1.35. The molecule has 0 saturated heterocycles. The summed E-state index contributed by atoms with van der Waals surface area (Å²) in [6.07, 6.45) is 0. The fraction of sp³-hybridized carbons (Fsp3) is 0.333. The molecular weight excluding hydrogens is 235 g/mol. The summed E-state index contributed by atoms with van der Waals surface area (Å²) in [5, 5.41) is 0. The van der Waals surface area contributed by atoms with Crippen molar-refractivity contribution in [1.29, 1.82) is 0 Å². The van der Waals surface area contributed by atoms with Crippen LogP contribution in [0.4, 0.5) is 22.0 Å². The Balaban J connectivity index is 0.000000673. The molecule has 0 bridgehead atoms. The van der Waals surface area contributed by atoms with Gasteiger partial charge in [0.2, 0.25) is 6.93 Å². The van der Waals surface area contributed by atoms with Crippen LogP contribution in [-0.4, -0.2) is 20.6 Å². The Hall–Kier alpha value is -1.53. The van der Waals surface area contributed by atoms with Crippen molar-refractivity contribution < 1.29 is 31.4 Å². The van der Waals surface area contributed by atoms with E-state index in [1.165, 1.54) is 13.2 Å². The van der Waals surface area contributed by atoms with Gasteiger partial charge in [0.05, 0.1) is 7.11 Å². The van der Waals surface area contributed by atoms with Gasteiger partial charge in [0.1, 0.15) is 5.75 Å². The number of benzene rings is 1. The van der Waals surface area contributed by atoms with Gasteiger partial charge in [-0.3, -0.25) is 0 Å². The lowest BCUT2D eigenvalue weighted by Gasteiger charge is -2.06. The number of halogens is 5. The second-order valence-corrected chi connectivity index (χ2v) is 2.28. The molecule has 0 unspecified atom stereocenters. The van der Waals surface area contributed by atoms with E-state index in [0.717, 1.165) is 12.1 Å². The van der Waals surface area contributed by atoms with Crippen molar-refractivity contribution in [2.24, 2.45) is 0 Å². The Bertz CT molecular complexity index is 306. The van der Waals surface area contributed by atoms with Crippen molar-refractivity contribution in [3.8, 4) is 11.5 Å². The molecule has 0 N–H and O–H groups in total. The molecule has 92 valence electrons. The van der Waals surface area contributed by atoms with Gasteiger partial charge in [-0.1, -0.05) is 0 Å². The highest BCUT2D eigenvalue weighted by Crippen LogP contribution is 2.23. The van der Waals surface area contributed by atoms with Crippen molar-refractivity contribution in [2.75, 3.05) is 14.0 Å². The second-order valence-electron chi connectivity index (χ2n) is 2.28. The molecule has 7 heteroatoms. The van der Waals surface area contributed by atoms with Crippen molar-refractivity contribution in [1.82, 2.24) is 0 Å². The highest BCUT2D eigenvalue weighted by Gasteiger charge is 2.09. The van der Waals surface area contributed by atoms with Crippen molar-refractivity contribution in [2.45, 2.75) is 6.61 Å². The molecule has 0 aliphatic heterocycles. The predicted molar refractivity (Wildman–Crippen MR) is 46.7 cm³/mol. The highest BCUT2D eigenvalue weighted by molar-refractivity contribution is 5.32. The monoisotopic (exact) mass is 244 g/mol. The third-order valence-electron chi connectivity index (χ3n) is 1.36. The molecule has 0 heterocycles. The van der Waals surface area contributed by atoms with E-state index in [1.54, 1.807) is 0 Å². The van der Waals surface area contributed by atoms with Crippen LogP contribution < -0.4 is 9.47 Å². The van der Waals surface area contributed by atoms with Crippen LogP contribution in [0.2, 0.25) is 0 Å². The molecule has 0 spiro atoms. The number of rotatable bonds is 3. The first-order chi connectivity index (χ1) is 7.54. The maximum atomic E-state index is 12.9. The molecule has 16 heavy (non-hydrogen) atoms. The summed E-state index contributed by atoms with van der Waals surface area (Å²) in [6, 6.07) is 3.39. The molecule has 0 amide bonds. The number of methoxy groups -OCH3 is 1. The minimum absolute atomic E-state index is 0.249. The first kappa shape index (κ1) is 14.5. The molecule has 0 aliphatic carbocycles. The number of hydrogen-bond acceptors (Lipinski definition) is 2. The van der Waals surface area contributed by atoms with Crippen molar-refractivity contribution in [3.63, 3.8) is 0 Å². The minimum atomic E-state index is -3.03. The van der Waals surface area contributed by atoms with E-state index >= 15 is 0 Å². The Morgan fingerprint density at radius 2 is 1.81 bits per heavy atom. The van der Waals surface area contributed by atoms with Crippen LogP contribution in [0.5, 0.6) is 11.5 Å². The Morgan fingerprint density at radius 3 is 2.19 bits per heavy atom. The van der Waals surface area contributed by atoms with Crippen LogP contribution in [0.25, 0.3) is 0 Å². The van der Waals surface area contributed by atoms with E-state index in [9.17, 15) is 22.0 Å². The van der Waals surface area contributed by atoms with Crippen molar-refractivity contribution in [3.05, 3.63) is 24.0 Å². The third-order valence-corrected chi connectivity index (χ3v) is 1.36. The summed E-state index contributed by atoms with van der Waals surface area (Å²) in [6.45, 7) is -4.78. The third kappa shape index (κ3) is 5.38. The highest BCUT2D eigenvalue weighted by atomic mass is 19.3. The summed E-state index contributed by atoms with van der Waals surface area (Å²) < 4.78 is 64.0. The van der Waals surface area contributed by atoms with Crippen LogP contribution >= 0.6 is 0 Å². The molecular formula is C9H9F5O2.